The molecule has 1 aromatic heterocycles. The van der Waals surface area contributed by atoms with E-state index in [9.17, 15) is 9.90 Å². The van der Waals surface area contributed by atoms with Crippen molar-refractivity contribution in [2.24, 2.45) is 5.92 Å². The van der Waals surface area contributed by atoms with Crippen LogP contribution in [0.5, 0.6) is 0 Å². The van der Waals surface area contributed by atoms with Crippen LogP contribution in [0.4, 0.5) is 5.82 Å². The number of carboxylic acids is 1. The van der Waals surface area contributed by atoms with Gasteiger partial charge in [0.15, 0.2) is 0 Å². The highest BCUT2D eigenvalue weighted by atomic mass is 16.4. The number of fused-ring (bicyclic) bond motifs is 1. The molecule has 1 fully saturated rings. The zero-order valence-electron chi connectivity index (χ0n) is 14.7. The zero-order valence-corrected chi connectivity index (χ0v) is 14.7. The van der Waals surface area contributed by atoms with E-state index >= 15 is 0 Å². The average molecular weight is 347 g/mol. The lowest BCUT2D eigenvalue weighted by atomic mass is 9.96. The summed E-state index contributed by atoms with van der Waals surface area (Å²) in [6, 6.07) is 14.5. The fourth-order valence-electron chi connectivity index (χ4n) is 3.76. The standard InChI is InChI=1S/C21H21N3O2/c1-14-5-2-6-15(11-14)17-8-3-9-18-19(17)20(23-13-22-18)24-10-4-7-16(12-24)21(25)26/h2-3,5-6,8-9,11,13,16H,4,7,10,12H2,1H3,(H,25,26). The highest BCUT2D eigenvalue weighted by Crippen LogP contribution is 2.35. The number of nitrogens with zero attached hydrogens (tertiary/aromatic N) is 3. The highest BCUT2D eigenvalue weighted by molar-refractivity contribution is 6.02. The van der Waals surface area contributed by atoms with E-state index in [-0.39, 0.29) is 5.92 Å². The molecule has 1 N–H and O–H groups in total. The van der Waals surface area contributed by atoms with E-state index in [1.807, 2.05) is 18.2 Å². The maximum atomic E-state index is 11.5. The van der Waals surface area contributed by atoms with Crippen LogP contribution in [-0.2, 0) is 4.79 Å². The van der Waals surface area contributed by atoms with Gasteiger partial charge < -0.3 is 10.0 Å². The summed E-state index contributed by atoms with van der Waals surface area (Å²) in [5.41, 5.74) is 4.28. The molecule has 5 nitrogen and oxygen atoms in total. The molecule has 2 heterocycles. The number of piperidine rings is 1. The molecule has 3 aromatic rings. The van der Waals surface area contributed by atoms with Crippen molar-refractivity contribution >= 4 is 22.7 Å². The van der Waals surface area contributed by atoms with Crippen molar-refractivity contribution in [3.05, 3.63) is 54.4 Å². The molecule has 0 radical (unpaired) electrons. The molecule has 132 valence electrons. The van der Waals surface area contributed by atoms with E-state index in [0.717, 1.165) is 47.2 Å². The average Bonchev–Trinajstić information content (AvgIpc) is 2.67. The van der Waals surface area contributed by atoms with Crippen LogP contribution in [0.15, 0.2) is 48.8 Å². The van der Waals surface area contributed by atoms with E-state index in [1.165, 1.54) is 5.56 Å². The van der Waals surface area contributed by atoms with Gasteiger partial charge in [-0.05, 0) is 37.0 Å². The Kier molecular flexibility index (Phi) is 4.29. The largest absolute Gasteiger partial charge is 0.481 e. The van der Waals surface area contributed by atoms with Gasteiger partial charge in [-0.2, -0.15) is 0 Å². The molecule has 5 heteroatoms. The minimum atomic E-state index is -0.730. The summed E-state index contributed by atoms with van der Waals surface area (Å²) in [5.74, 6) is -0.245. The van der Waals surface area contributed by atoms with Gasteiger partial charge in [0.05, 0.1) is 16.8 Å². The molecule has 4 rings (SSSR count). The molecular weight excluding hydrogens is 326 g/mol. The molecule has 1 aliphatic heterocycles. The summed E-state index contributed by atoms with van der Waals surface area (Å²) in [6.45, 7) is 3.38. The first kappa shape index (κ1) is 16.5. The van der Waals surface area contributed by atoms with Gasteiger partial charge in [0.1, 0.15) is 12.1 Å². The summed E-state index contributed by atoms with van der Waals surface area (Å²) in [5, 5.41) is 10.4. The normalized spacial score (nSPS) is 17.4. The second-order valence-corrected chi connectivity index (χ2v) is 6.89. The van der Waals surface area contributed by atoms with Crippen molar-refractivity contribution in [3.8, 4) is 11.1 Å². The van der Waals surface area contributed by atoms with Crippen molar-refractivity contribution in [3.63, 3.8) is 0 Å². The Hall–Kier alpha value is -2.95. The lowest BCUT2D eigenvalue weighted by molar-refractivity contribution is -0.141. The fraction of sp³-hybridized carbons (Fsp3) is 0.286. The molecule has 1 unspecified atom stereocenters. The number of aromatic nitrogens is 2. The second kappa shape index (κ2) is 6.75. The summed E-state index contributed by atoms with van der Waals surface area (Å²) in [6.07, 6.45) is 3.15. The molecule has 0 spiro atoms. The van der Waals surface area contributed by atoms with Crippen LogP contribution in [-0.4, -0.2) is 34.1 Å². The SMILES string of the molecule is Cc1cccc(-c2cccc3ncnc(N4CCCC(C(=O)O)C4)c23)c1. The number of carbonyl (C=O) groups is 1. The van der Waals surface area contributed by atoms with Crippen LogP contribution in [0, 0.1) is 12.8 Å². The van der Waals surface area contributed by atoms with E-state index in [4.69, 9.17) is 0 Å². The predicted octanol–water partition coefficient (Wildman–Crippen LogP) is 3.91. The second-order valence-electron chi connectivity index (χ2n) is 6.89. The molecular formula is C21H21N3O2. The van der Waals surface area contributed by atoms with Gasteiger partial charge in [-0.15, -0.1) is 0 Å². The van der Waals surface area contributed by atoms with Crippen molar-refractivity contribution in [2.75, 3.05) is 18.0 Å². The number of hydrogen-bond acceptors (Lipinski definition) is 4. The first-order chi connectivity index (χ1) is 12.6. The molecule has 1 saturated heterocycles. The quantitative estimate of drug-likeness (QED) is 0.778. The third kappa shape index (κ3) is 3.01. The van der Waals surface area contributed by atoms with Gasteiger partial charge in [0.2, 0.25) is 0 Å². The molecule has 0 saturated carbocycles. The maximum absolute atomic E-state index is 11.5. The molecule has 2 aromatic carbocycles. The van der Waals surface area contributed by atoms with E-state index < -0.39 is 5.97 Å². The number of benzene rings is 2. The van der Waals surface area contributed by atoms with Crippen LogP contribution in [0.1, 0.15) is 18.4 Å². The van der Waals surface area contributed by atoms with Crippen molar-refractivity contribution in [2.45, 2.75) is 19.8 Å². The third-order valence-corrected chi connectivity index (χ3v) is 5.04. The highest BCUT2D eigenvalue weighted by Gasteiger charge is 2.27. The number of hydrogen-bond donors (Lipinski definition) is 1. The van der Waals surface area contributed by atoms with E-state index in [0.29, 0.717) is 6.54 Å². The summed E-state index contributed by atoms with van der Waals surface area (Å²) >= 11 is 0. The Bertz CT molecular complexity index is 965. The summed E-state index contributed by atoms with van der Waals surface area (Å²) in [7, 11) is 0. The number of rotatable bonds is 3. The van der Waals surface area contributed by atoms with Gasteiger partial charge in [0.25, 0.3) is 0 Å². The molecule has 0 amide bonds. The maximum Gasteiger partial charge on any atom is 0.308 e. The topological polar surface area (TPSA) is 66.3 Å². The number of aryl methyl sites for hydroxylation is 1. The van der Waals surface area contributed by atoms with Gasteiger partial charge in [0, 0.05) is 13.1 Å². The van der Waals surface area contributed by atoms with Crippen LogP contribution in [0.2, 0.25) is 0 Å². The Morgan fingerprint density at radius 2 is 2.04 bits per heavy atom. The lowest BCUT2D eigenvalue weighted by Gasteiger charge is -2.32. The van der Waals surface area contributed by atoms with Gasteiger partial charge >= 0.3 is 5.97 Å². The fourth-order valence-corrected chi connectivity index (χ4v) is 3.76. The number of aliphatic carboxylic acids is 1. The van der Waals surface area contributed by atoms with Gasteiger partial charge in [-0.25, -0.2) is 9.97 Å². The first-order valence-electron chi connectivity index (χ1n) is 8.92. The summed E-state index contributed by atoms with van der Waals surface area (Å²) in [4.78, 5) is 22.6. The Labute approximate surface area is 152 Å². The van der Waals surface area contributed by atoms with E-state index in [2.05, 4.69) is 46.1 Å². The van der Waals surface area contributed by atoms with Gasteiger partial charge in [-0.1, -0.05) is 42.0 Å². The van der Waals surface area contributed by atoms with E-state index in [1.54, 1.807) is 6.33 Å². The molecule has 1 atom stereocenters. The monoisotopic (exact) mass is 347 g/mol. The number of anilines is 1. The van der Waals surface area contributed by atoms with Crippen molar-refractivity contribution in [1.82, 2.24) is 9.97 Å². The Morgan fingerprint density at radius 1 is 1.19 bits per heavy atom. The molecule has 0 aliphatic carbocycles. The van der Waals surface area contributed by atoms with Crippen molar-refractivity contribution < 1.29 is 9.90 Å². The molecule has 26 heavy (non-hydrogen) atoms. The first-order valence-corrected chi connectivity index (χ1v) is 8.92. The smallest absolute Gasteiger partial charge is 0.308 e. The lowest BCUT2D eigenvalue weighted by Crippen LogP contribution is -2.39. The summed E-state index contributed by atoms with van der Waals surface area (Å²) < 4.78 is 0. The van der Waals surface area contributed by atoms with Crippen LogP contribution in [0.3, 0.4) is 0 Å². The number of carboxylic acid groups (broad SMARTS) is 1. The van der Waals surface area contributed by atoms with Crippen LogP contribution < -0.4 is 4.90 Å². The molecule has 0 bridgehead atoms. The van der Waals surface area contributed by atoms with Crippen molar-refractivity contribution in [1.29, 1.82) is 0 Å². The third-order valence-electron chi connectivity index (χ3n) is 5.04. The van der Waals surface area contributed by atoms with Gasteiger partial charge in [-0.3, -0.25) is 4.79 Å². The Morgan fingerprint density at radius 3 is 2.85 bits per heavy atom. The minimum Gasteiger partial charge on any atom is -0.481 e. The Balaban J connectivity index is 1.87. The predicted molar refractivity (Wildman–Crippen MR) is 102 cm³/mol. The molecule has 1 aliphatic rings. The van der Waals surface area contributed by atoms with Crippen LogP contribution in [0.25, 0.3) is 22.0 Å². The van der Waals surface area contributed by atoms with Crippen LogP contribution >= 0.6 is 0 Å². The zero-order chi connectivity index (χ0) is 18.1. The minimum absolute atomic E-state index is 0.347.